The molecule has 21 heavy (non-hydrogen) atoms. The Bertz CT molecular complexity index is 526. The van der Waals surface area contributed by atoms with Crippen molar-refractivity contribution >= 4 is 21.8 Å². The predicted molar refractivity (Wildman–Crippen MR) is 78.0 cm³/mol. The zero-order valence-corrected chi connectivity index (χ0v) is 13.3. The van der Waals surface area contributed by atoms with E-state index in [0.717, 1.165) is 25.7 Å². The summed E-state index contributed by atoms with van der Waals surface area (Å²) in [7, 11) is -3.41. The molecule has 2 fully saturated rings. The standard InChI is InChI=1S/C13H23N3O4S/c1-3-21(19,20)16-8-11(14-10(2)17)12(18)15-13(9-16)6-4-5-7-13/h11H,3-9H2,1-2H3,(H,14,17)(H,15,18). The number of amides is 2. The van der Waals surface area contributed by atoms with Crippen molar-refractivity contribution in [3.05, 3.63) is 0 Å². The van der Waals surface area contributed by atoms with Crippen LogP contribution >= 0.6 is 0 Å². The maximum atomic E-state index is 12.3. The second-order valence-electron chi connectivity index (χ2n) is 5.92. The van der Waals surface area contributed by atoms with Crippen molar-refractivity contribution in [2.24, 2.45) is 0 Å². The van der Waals surface area contributed by atoms with Crippen molar-refractivity contribution in [3.63, 3.8) is 0 Å². The summed E-state index contributed by atoms with van der Waals surface area (Å²) in [5, 5.41) is 5.52. The molecule has 0 aromatic carbocycles. The monoisotopic (exact) mass is 317 g/mol. The third-order valence-corrected chi connectivity index (χ3v) is 6.06. The van der Waals surface area contributed by atoms with Gasteiger partial charge in [0.05, 0.1) is 11.3 Å². The van der Waals surface area contributed by atoms with Crippen molar-refractivity contribution < 1.29 is 18.0 Å². The molecule has 0 radical (unpaired) electrons. The van der Waals surface area contributed by atoms with Gasteiger partial charge in [-0.3, -0.25) is 9.59 Å². The van der Waals surface area contributed by atoms with Gasteiger partial charge in [-0.1, -0.05) is 12.8 Å². The van der Waals surface area contributed by atoms with Gasteiger partial charge >= 0.3 is 0 Å². The molecular formula is C13H23N3O4S. The van der Waals surface area contributed by atoms with Crippen LogP contribution in [0.25, 0.3) is 0 Å². The lowest BCUT2D eigenvalue weighted by molar-refractivity contribution is -0.128. The second kappa shape index (κ2) is 5.92. The van der Waals surface area contributed by atoms with Crippen LogP contribution < -0.4 is 10.6 Å². The molecule has 120 valence electrons. The Balaban J connectivity index is 2.31. The van der Waals surface area contributed by atoms with E-state index in [0.29, 0.717) is 6.54 Å². The van der Waals surface area contributed by atoms with Crippen molar-refractivity contribution in [2.45, 2.75) is 51.1 Å². The first-order chi connectivity index (χ1) is 9.78. The van der Waals surface area contributed by atoms with Gasteiger partial charge in [0.25, 0.3) is 0 Å². The summed E-state index contributed by atoms with van der Waals surface area (Å²) in [5.74, 6) is -0.642. The average Bonchev–Trinajstić information content (AvgIpc) is 2.79. The Morgan fingerprint density at radius 2 is 2.05 bits per heavy atom. The maximum absolute atomic E-state index is 12.3. The molecule has 1 heterocycles. The summed E-state index contributed by atoms with van der Waals surface area (Å²) in [6, 6.07) is -0.830. The number of carbonyl (C=O) groups excluding carboxylic acids is 2. The van der Waals surface area contributed by atoms with Gasteiger partial charge in [-0.25, -0.2) is 8.42 Å². The number of carbonyl (C=O) groups is 2. The summed E-state index contributed by atoms with van der Waals surface area (Å²) in [6.07, 6.45) is 3.51. The Hall–Kier alpha value is -1.15. The molecule has 8 heteroatoms. The average molecular weight is 317 g/mol. The number of nitrogens with one attached hydrogen (secondary N) is 2. The fourth-order valence-corrected chi connectivity index (χ4v) is 4.35. The first kappa shape index (κ1) is 16.2. The molecule has 2 rings (SSSR count). The predicted octanol–water partition coefficient (Wildman–Crippen LogP) is -0.415. The lowest BCUT2D eigenvalue weighted by Crippen LogP contribution is -2.54. The molecule has 1 aliphatic heterocycles. The van der Waals surface area contributed by atoms with Gasteiger partial charge in [0.15, 0.2) is 0 Å². The summed E-state index contributed by atoms with van der Waals surface area (Å²) in [5.41, 5.74) is -0.480. The lowest BCUT2D eigenvalue weighted by atomic mass is 9.98. The van der Waals surface area contributed by atoms with Gasteiger partial charge in [-0.2, -0.15) is 4.31 Å². The van der Waals surface area contributed by atoms with Crippen molar-refractivity contribution in [1.82, 2.24) is 14.9 Å². The number of hydrogen-bond acceptors (Lipinski definition) is 4. The van der Waals surface area contributed by atoms with Crippen LogP contribution in [0, 0.1) is 0 Å². The molecule has 1 atom stereocenters. The fraction of sp³-hybridized carbons (Fsp3) is 0.846. The van der Waals surface area contributed by atoms with Gasteiger partial charge in [0.2, 0.25) is 21.8 Å². The molecule has 1 aliphatic carbocycles. The normalized spacial score (nSPS) is 26.4. The van der Waals surface area contributed by atoms with Gasteiger partial charge in [0, 0.05) is 20.0 Å². The molecule has 1 saturated carbocycles. The van der Waals surface area contributed by atoms with Crippen LogP contribution in [-0.2, 0) is 19.6 Å². The zero-order chi connectivity index (χ0) is 15.7. The molecule has 0 bridgehead atoms. The van der Waals surface area contributed by atoms with Crippen molar-refractivity contribution in [3.8, 4) is 0 Å². The number of hydrogen-bond donors (Lipinski definition) is 2. The molecule has 0 aromatic heterocycles. The van der Waals surface area contributed by atoms with E-state index in [2.05, 4.69) is 10.6 Å². The summed E-state index contributed by atoms with van der Waals surface area (Å²) in [6.45, 7) is 3.21. The summed E-state index contributed by atoms with van der Waals surface area (Å²) in [4.78, 5) is 23.6. The van der Waals surface area contributed by atoms with Crippen molar-refractivity contribution in [1.29, 1.82) is 0 Å². The molecule has 0 aromatic rings. The third-order valence-electron chi connectivity index (χ3n) is 4.27. The van der Waals surface area contributed by atoms with Gasteiger partial charge in [-0.05, 0) is 19.8 Å². The maximum Gasteiger partial charge on any atom is 0.244 e. The SMILES string of the molecule is CCS(=O)(=O)N1CC(NC(C)=O)C(=O)NC2(CCCC2)C1. The molecule has 2 aliphatic rings. The molecular weight excluding hydrogens is 294 g/mol. The van der Waals surface area contributed by atoms with E-state index in [1.54, 1.807) is 6.92 Å². The topological polar surface area (TPSA) is 95.6 Å². The second-order valence-corrected chi connectivity index (χ2v) is 8.18. The van der Waals surface area contributed by atoms with E-state index in [-0.39, 0.29) is 24.1 Å². The van der Waals surface area contributed by atoms with E-state index in [1.165, 1.54) is 11.2 Å². The minimum Gasteiger partial charge on any atom is -0.348 e. The van der Waals surface area contributed by atoms with Gasteiger partial charge < -0.3 is 10.6 Å². The van der Waals surface area contributed by atoms with Crippen LogP contribution in [0.1, 0.15) is 39.5 Å². The van der Waals surface area contributed by atoms with E-state index in [1.807, 2.05) is 0 Å². The summed E-state index contributed by atoms with van der Waals surface area (Å²) >= 11 is 0. The smallest absolute Gasteiger partial charge is 0.244 e. The van der Waals surface area contributed by atoms with Crippen LogP contribution in [0.4, 0.5) is 0 Å². The molecule has 1 spiro atoms. The van der Waals surface area contributed by atoms with Gasteiger partial charge in [0.1, 0.15) is 6.04 Å². The Kier molecular flexibility index (Phi) is 4.57. The number of nitrogens with zero attached hydrogens (tertiary/aromatic N) is 1. The highest BCUT2D eigenvalue weighted by atomic mass is 32.2. The molecule has 2 N–H and O–H groups in total. The number of rotatable bonds is 3. The van der Waals surface area contributed by atoms with Crippen LogP contribution in [0.2, 0.25) is 0 Å². The van der Waals surface area contributed by atoms with Crippen LogP contribution in [0.15, 0.2) is 0 Å². The molecule has 1 saturated heterocycles. The first-order valence-electron chi connectivity index (χ1n) is 7.35. The van der Waals surface area contributed by atoms with Crippen LogP contribution in [0.3, 0.4) is 0 Å². The van der Waals surface area contributed by atoms with E-state index in [9.17, 15) is 18.0 Å². The molecule has 2 amide bonds. The summed E-state index contributed by atoms with van der Waals surface area (Å²) < 4.78 is 25.9. The lowest BCUT2D eigenvalue weighted by Gasteiger charge is -2.32. The van der Waals surface area contributed by atoms with E-state index in [4.69, 9.17) is 0 Å². The highest BCUT2D eigenvalue weighted by Crippen LogP contribution is 2.32. The quantitative estimate of drug-likeness (QED) is 0.739. The number of sulfonamides is 1. The highest BCUT2D eigenvalue weighted by Gasteiger charge is 2.44. The Morgan fingerprint density at radius 1 is 1.43 bits per heavy atom. The molecule has 1 unspecified atom stereocenters. The fourth-order valence-electron chi connectivity index (χ4n) is 3.16. The van der Waals surface area contributed by atoms with Crippen molar-refractivity contribution in [2.75, 3.05) is 18.8 Å². The van der Waals surface area contributed by atoms with Gasteiger partial charge in [-0.15, -0.1) is 0 Å². The highest BCUT2D eigenvalue weighted by molar-refractivity contribution is 7.89. The molecule has 7 nitrogen and oxygen atoms in total. The van der Waals surface area contributed by atoms with Crippen LogP contribution in [-0.4, -0.2) is 55.0 Å². The minimum atomic E-state index is -3.41. The van der Waals surface area contributed by atoms with Crippen LogP contribution in [0.5, 0.6) is 0 Å². The first-order valence-corrected chi connectivity index (χ1v) is 8.96. The van der Waals surface area contributed by atoms with E-state index < -0.39 is 21.6 Å². The third kappa shape index (κ3) is 3.55. The zero-order valence-electron chi connectivity index (χ0n) is 12.5. The Labute approximate surface area is 125 Å². The minimum absolute atomic E-state index is 0.00331. The van der Waals surface area contributed by atoms with E-state index >= 15 is 0 Å². The Morgan fingerprint density at radius 3 is 2.57 bits per heavy atom. The largest absolute Gasteiger partial charge is 0.348 e.